The van der Waals surface area contributed by atoms with Crippen LogP contribution >= 0.6 is 22.6 Å². The molecule has 0 bridgehead atoms. The van der Waals surface area contributed by atoms with Crippen molar-refractivity contribution < 1.29 is 14.3 Å². The van der Waals surface area contributed by atoms with Crippen LogP contribution in [0.5, 0.6) is 0 Å². The first-order valence-electron chi connectivity index (χ1n) is 10.8. The van der Waals surface area contributed by atoms with Crippen molar-refractivity contribution in [3.8, 4) is 0 Å². The SMILES string of the molecule is CC(=O)NC(C)(C)[C@@H]1CC2(CCN(C(=O)OC(C)(C)C)CC2)c2cc(I)c(C)cc21. The van der Waals surface area contributed by atoms with Gasteiger partial charge in [-0.2, -0.15) is 0 Å². The minimum Gasteiger partial charge on any atom is -0.444 e. The van der Waals surface area contributed by atoms with Crippen molar-refractivity contribution >= 4 is 34.6 Å². The van der Waals surface area contributed by atoms with Gasteiger partial charge in [0.05, 0.1) is 0 Å². The van der Waals surface area contributed by atoms with Crippen molar-refractivity contribution in [1.29, 1.82) is 0 Å². The third-order valence-electron chi connectivity index (χ3n) is 6.61. The zero-order valence-corrected chi connectivity index (χ0v) is 21.5. The summed E-state index contributed by atoms with van der Waals surface area (Å²) in [5.41, 5.74) is 3.28. The number of carbonyl (C=O) groups excluding carboxylic acids is 2. The van der Waals surface area contributed by atoms with Crippen LogP contribution in [0.15, 0.2) is 12.1 Å². The zero-order chi connectivity index (χ0) is 22.5. The number of amides is 2. The fraction of sp³-hybridized carbons (Fsp3) is 0.667. The number of nitrogens with zero attached hydrogens (tertiary/aromatic N) is 1. The van der Waals surface area contributed by atoms with Gasteiger partial charge in [0, 0.05) is 35.0 Å². The van der Waals surface area contributed by atoms with Gasteiger partial charge in [-0.3, -0.25) is 4.79 Å². The zero-order valence-electron chi connectivity index (χ0n) is 19.3. The molecule has 1 saturated heterocycles. The molecule has 1 aromatic rings. The average molecular weight is 526 g/mol. The molecule has 0 saturated carbocycles. The van der Waals surface area contributed by atoms with Gasteiger partial charge >= 0.3 is 6.09 Å². The summed E-state index contributed by atoms with van der Waals surface area (Å²) in [6.07, 6.45) is 2.62. The second-order valence-corrected chi connectivity index (χ2v) is 11.8. The number of rotatable bonds is 2. The maximum Gasteiger partial charge on any atom is 0.410 e. The fourth-order valence-corrected chi connectivity index (χ4v) is 5.63. The van der Waals surface area contributed by atoms with Gasteiger partial charge in [-0.15, -0.1) is 0 Å². The normalized spacial score (nSPS) is 20.8. The molecule has 30 heavy (non-hydrogen) atoms. The van der Waals surface area contributed by atoms with Crippen molar-refractivity contribution in [2.75, 3.05) is 13.1 Å². The van der Waals surface area contributed by atoms with E-state index in [2.05, 4.69) is 60.8 Å². The Morgan fingerprint density at radius 2 is 1.77 bits per heavy atom. The van der Waals surface area contributed by atoms with Crippen LogP contribution in [0.4, 0.5) is 4.79 Å². The highest BCUT2D eigenvalue weighted by Gasteiger charge is 2.50. The van der Waals surface area contributed by atoms with Crippen LogP contribution in [0, 0.1) is 10.5 Å². The highest BCUT2D eigenvalue weighted by atomic mass is 127. The van der Waals surface area contributed by atoms with E-state index < -0.39 is 5.60 Å². The van der Waals surface area contributed by atoms with Crippen LogP contribution in [0.2, 0.25) is 0 Å². The van der Waals surface area contributed by atoms with Gasteiger partial charge in [0.25, 0.3) is 0 Å². The summed E-state index contributed by atoms with van der Waals surface area (Å²) in [5, 5.41) is 3.19. The summed E-state index contributed by atoms with van der Waals surface area (Å²) in [6.45, 7) is 15.1. The molecule has 1 fully saturated rings. The second kappa shape index (κ2) is 7.99. The summed E-state index contributed by atoms with van der Waals surface area (Å²) in [4.78, 5) is 26.3. The maximum absolute atomic E-state index is 12.6. The van der Waals surface area contributed by atoms with Crippen LogP contribution < -0.4 is 5.32 Å². The number of fused-ring (bicyclic) bond motifs is 2. The molecule has 2 aliphatic rings. The summed E-state index contributed by atoms with van der Waals surface area (Å²) in [7, 11) is 0. The van der Waals surface area contributed by atoms with Crippen molar-refractivity contribution in [1.82, 2.24) is 10.2 Å². The van der Waals surface area contributed by atoms with Gasteiger partial charge in [0.1, 0.15) is 5.60 Å². The highest BCUT2D eigenvalue weighted by Crippen LogP contribution is 2.55. The number of hydrogen-bond donors (Lipinski definition) is 1. The van der Waals surface area contributed by atoms with E-state index in [1.165, 1.54) is 20.3 Å². The molecule has 1 spiro atoms. The van der Waals surface area contributed by atoms with Gasteiger partial charge in [0.15, 0.2) is 0 Å². The quantitative estimate of drug-likeness (QED) is 0.535. The third kappa shape index (κ3) is 4.63. The second-order valence-electron chi connectivity index (χ2n) is 10.6. The number of ether oxygens (including phenoxy) is 1. The Morgan fingerprint density at radius 3 is 2.30 bits per heavy atom. The number of halogens is 1. The number of benzene rings is 1. The van der Waals surface area contributed by atoms with Gasteiger partial charge in [0.2, 0.25) is 5.91 Å². The van der Waals surface area contributed by atoms with Crippen LogP contribution in [0.1, 0.15) is 83.4 Å². The fourth-order valence-electron chi connectivity index (χ4n) is 5.16. The van der Waals surface area contributed by atoms with Gasteiger partial charge in [-0.05, 0) is 112 Å². The molecular formula is C24H35IN2O3. The molecular weight excluding hydrogens is 491 g/mol. The monoisotopic (exact) mass is 526 g/mol. The Kier molecular flexibility index (Phi) is 6.22. The Balaban J connectivity index is 1.90. The molecule has 3 rings (SSSR count). The van der Waals surface area contributed by atoms with E-state index in [4.69, 9.17) is 4.74 Å². The van der Waals surface area contributed by atoms with E-state index in [0.717, 1.165) is 19.3 Å². The molecule has 1 atom stereocenters. The smallest absolute Gasteiger partial charge is 0.410 e. The number of aryl methyl sites for hydroxylation is 1. The van der Waals surface area contributed by atoms with E-state index in [-0.39, 0.29) is 28.9 Å². The topological polar surface area (TPSA) is 58.6 Å². The van der Waals surface area contributed by atoms with Gasteiger partial charge in [-0.25, -0.2) is 4.79 Å². The Bertz CT molecular complexity index is 849. The summed E-state index contributed by atoms with van der Waals surface area (Å²) in [6, 6.07) is 4.67. The molecule has 2 amide bonds. The minimum atomic E-state index is -0.479. The molecule has 166 valence electrons. The van der Waals surface area contributed by atoms with E-state index >= 15 is 0 Å². The van der Waals surface area contributed by atoms with Crippen molar-refractivity contribution in [2.24, 2.45) is 0 Å². The molecule has 6 heteroatoms. The molecule has 5 nitrogen and oxygen atoms in total. The van der Waals surface area contributed by atoms with E-state index in [1.807, 2.05) is 25.7 Å². The molecule has 1 aliphatic heterocycles. The van der Waals surface area contributed by atoms with Crippen molar-refractivity contribution in [3.63, 3.8) is 0 Å². The predicted molar refractivity (Wildman–Crippen MR) is 128 cm³/mol. The lowest BCUT2D eigenvalue weighted by atomic mass is 9.72. The summed E-state index contributed by atoms with van der Waals surface area (Å²) < 4.78 is 6.87. The number of piperidine rings is 1. The van der Waals surface area contributed by atoms with E-state index in [9.17, 15) is 9.59 Å². The first-order chi connectivity index (χ1) is 13.7. The van der Waals surface area contributed by atoms with E-state index in [0.29, 0.717) is 13.1 Å². The van der Waals surface area contributed by atoms with Crippen molar-refractivity contribution in [2.45, 2.75) is 90.2 Å². The van der Waals surface area contributed by atoms with Crippen LogP contribution in [-0.4, -0.2) is 41.1 Å². The molecule has 1 N–H and O–H groups in total. The van der Waals surface area contributed by atoms with Gasteiger partial charge in [-0.1, -0.05) is 6.07 Å². The Hall–Kier alpha value is -1.31. The molecule has 0 radical (unpaired) electrons. The molecule has 1 heterocycles. The number of hydrogen-bond acceptors (Lipinski definition) is 3. The highest BCUT2D eigenvalue weighted by molar-refractivity contribution is 14.1. The molecule has 1 aliphatic carbocycles. The van der Waals surface area contributed by atoms with Crippen LogP contribution in [0.25, 0.3) is 0 Å². The summed E-state index contributed by atoms with van der Waals surface area (Å²) in [5.74, 6) is 0.254. The Morgan fingerprint density at radius 1 is 1.17 bits per heavy atom. The Labute approximate surface area is 194 Å². The third-order valence-corrected chi connectivity index (χ3v) is 7.78. The number of carbonyl (C=O) groups is 2. The summed E-state index contributed by atoms with van der Waals surface area (Å²) >= 11 is 2.42. The minimum absolute atomic E-state index is 0.00415. The molecule has 0 unspecified atom stereocenters. The van der Waals surface area contributed by atoms with Crippen LogP contribution in [-0.2, 0) is 14.9 Å². The maximum atomic E-state index is 12.6. The number of nitrogens with one attached hydrogen (secondary N) is 1. The largest absolute Gasteiger partial charge is 0.444 e. The molecule has 0 aromatic heterocycles. The predicted octanol–water partition coefficient (Wildman–Crippen LogP) is 5.27. The average Bonchev–Trinajstić information content (AvgIpc) is 2.88. The van der Waals surface area contributed by atoms with E-state index in [1.54, 1.807) is 6.92 Å². The first-order valence-corrected chi connectivity index (χ1v) is 11.9. The van der Waals surface area contributed by atoms with Crippen LogP contribution in [0.3, 0.4) is 0 Å². The lowest BCUT2D eigenvalue weighted by Crippen LogP contribution is -2.48. The van der Waals surface area contributed by atoms with Gasteiger partial charge < -0.3 is 15.0 Å². The van der Waals surface area contributed by atoms with Crippen molar-refractivity contribution in [3.05, 3.63) is 32.4 Å². The molecule has 1 aromatic carbocycles. The standard InChI is InChI=1S/C24H35IN2O3/c1-15-12-17-18(13-20(15)25)24(14-19(17)23(6,7)26-16(2)28)8-10-27(11-9-24)21(29)30-22(3,4)5/h12-13,19H,8-11,14H2,1-7H3,(H,26,28)/t19-/m1/s1. The lowest BCUT2D eigenvalue weighted by molar-refractivity contribution is -0.120. The first kappa shape index (κ1) is 23.4. The lowest BCUT2D eigenvalue weighted by Gasteiger charge is -2.41. The number of likely N-dealkylation sites (tertiary alicyclic amines) is 1.